The van der Waals surface area contributed by atoms with Gasteiger partial charge in [-0.15, -0.1) is 0 Å². The standard InChI is InChI=1S/C17H13NO3S/c1-21-17(20)12-8-6-11(7-9-12)10-15-16(19)18-13-4-2-3-5-14(13)22-15/h2-10H,1H3,(H,18,19)/b15-10-. The van der Waals surface area contributed by atoms with Gasteiger partial charge in [0.25, 0.3) is 5.91 Å². The zero-order valence-electron chi connectivity index (χ0n) is 11.8. The summed E-state index contributed by atoms with van der Waals surface area (Å²) in [6.07, 6.45) is 1.80. The summed E-state index contributed by atoms with van der Waals surface area (Å²) in [5.41, 5.74) is 2.16. The minimum atomic E-state index is -0.377. The Labute approximate surface area is 132 Å². The van der Waals surface area contributed by atoms with Crippen molar-refractivity contribution in [2.75, 3.05) is 12.4 Å². The van der Waals surface area contributed by atoms with E-state index in [0.29, 0.717) is 10.5 Å². The lowest BCUT2D eigenvalue weighted by atomic mass is 10.1. The second kappa shape index (κ2) is 6.07. The highest BCUT2D eigenvalue weighted by Crippen LogP contribution is 2.38. The summed E-state index contributed by atoms with van der Waals surface area (Å²) < 4.78 is 4.66. The minimum absolute atomic E-state index is 0.124. The van der Waals surface area contributed by atoms with Crippen LogP contribution in [0.1, 0.15) is 15.9 Å². The summed E-state index contributed by atoms with van der Waals surface area (Å²) in [4.78, 5) is 25.1. The number of carbonyl (C=O) groups excluding carboxylic acids is 2. The highest BCUT2D eigenvalue weighted by molar-refractivity contribution is 8.04. The third kappa shape index (κ3) is 2.89. The van der Waals surface area contributed by atoms with E-state index in [9.17, 15) is 9.59 Å². The van der Waals surface area contributed by atoms with E-state index in [0.717, 1.165) is 16.1 Å². The number of hydrogen-bond acceptors (Lipinski definition) is 4. The van der Waals surface area contributed by atoms with Gasteiger partial charge in [0.1, 0.15) is 0 Å². The summed E-state index contributed by atoms with van der Waals surface area (Å²) in [7, 11) is 1.35. The fourth-order valence-corrected chi connectivity index (χ4v) is 3.04. The Morgan fingerprint density at radius 3 is 2.59 bits per heavy atom. The molecule has 3 rings (SSSR count). The van der Waals surface area contributed by atoms with Crippen molar-refractivity contribution in [3.63, 3.8) is 0 Å². The van der Waals surface area contributed by atoms with Crippen LogP contribution in [0.25, 0.3) is 6.08 Å². The molecule has 2 aromatic carbocycles. The molecule has 0 spiro atoms. The van der Waals surface area contributed by atoms with Gasteiger partial charge in [0, 0.05) is 4.90 Å². The third-order valence-corrected chi connectivity index (χ3v) is 4.31. The second-order valence-electron chi connectivity index (χ2n) is 4.67. The van der Waals surface area contributed by atoms with Crippen molar-refractivity contribution >= 4 is 35.4 Å². The summed E-state index contributed by atoms with van der Waals surface area (Å²) >= 11 is 1.43. The van der Waals surface area contributed by atoms with Gasteiger partial charge in [-0.05, 0) is 35.9 Å². The van der Waals surface area contributed by atoms with Gasteiger partial charge in [0.15, 0.2) is 0 Å². The highest BCUT2D eigenvalue weighted by Gasteiger charge is 2.20. The second-order valence-corrected chi connectivity index (χ2v) is 5.76. The molecule has 1 aliphatic rings. The van der Waals surface area contributed by atoms with E-state index >= 15 is 0 Å². The SMILES string of the molecule is COC(=O)c1ccc(/C=C2\Sc3ccccc3NC2=O)cc1. The van der Waals surface area contributed by atoms with Gasteiger partial charge < -0.3 is 10.1 Å². The van der Waals surface area contributed by atoms with Crippen LogP contribution >= 0.6 is 11.8 Å². The molecule has 0 saturated heterocycles. The van der Waals surface area contributed by atoms with Gasteiger partial charge in [0.2, 0.25) is 0 Å². The quantitative estimate of drug-likeness (QED) is 0.680. The van der Waals surface area contributed by atoms with Gasteiger partial charge in [-0.25, -0.2) is 4.79 Å². The number of para-hydroxylation sites is 1. The van der Waals surface area contributed by atoms with Crippen LogP contribution in [0.15, 0.2) is 58.3 Å². The molecule has 2 aromatic rings. The van der Waals surface area contributed by atoms with E-state index in [1.165, 1.54) is 18.9 Å². The lowest BCUT2D eigenvalue weighted by molar-refractivity contribution is -0.112. The third-order valence-electron chi connectivity index (χ3n) is 3.21. The van der Waals surface area contributed by atoms with Crippen molar-refractivity contribution in [1.82, 2.24) is 0 Å². The molecule has 5 heteroatoms. The molecule has 1 heterocycles. The molecule has 1 aliphatic heterocycles. The largest absolute Gasteiger partial charge is 0.465 e. The molecule has 1 N–H and O–H groups in total. The molecule has 110 valence electrons. The van der Waals surface area contributed by atoms with Crippen molar-refractivity contribution in [3.05, 3.63) is 64.6 Å². The molecule has 0 radical (unpaired) electrons. The summed E-state index contributed by atoms with van der Waals surface area (Å²) in [5, 5.41) is 2.87. The van der Waals surface area contributed by atoms with Gasteiger partial charge in [0.05, 0.1) is 23.3 Å². The van der Waals surface area contributed by atoms with E-state index in [1.807, 2.05) is 24.3 Å². The fraction of sp³-hybridized carbons (Fsp3) is 0.0588. The number of amides is 1. The Bertz CT molecular complexity index is 766. The van der Waals surface area contributed by atoms with E-state index in [2.05, 4.69) is 10.1 Å². The Hall–Kier alpha value is -2.53. The number of carbonyl (C=O) groups is 2. The van der Waals surface area contributed by atoms with Crippen LogP contribution in [0, 0.1) is 0 Å². The molecule has 22 heavy (non-hydrogen) atoms. The smallest absolute Gasteiger partial charge is 0.337 e. The Morgan fingerprint density at radius 1 is 1.14 bits per heavy atom. The van der Waals surface area contributed by atoms with Gasteiger partial charge >= 0.3 is 5.97 Å². The van der Waals surface area contributed by atoms with Crippen molar-refractivity contribution in [2.45, 2.75) is 4.90 Å². The van der Waals surface area contributed by atoms with E-state index < -0.39 is 0 Å². The molecule has 4 nitrogen and oxygen atoms in total. The molecule has 0 aromatic heterocycles. The van der Waals surface area contributed by atoms with E-state index in [4.69, 9.17) is 0 Å². The van der Waals surface area contributed by atoms with E-state index in [-0.39, 0.29) is 11.9 Å². The number of methoxy groups -OCH3 is 1. The molecule has 1 amide bonds. The Balaban J connectivity index is 1.86. The number of nitrogens with one attached hydrogen (secondary N) is 1. The number of rotatable bonds is 2. The van der Waals surface area contributed by atoms with Gasteiger partial charge in [-0.3, -0.25) is 4.79 Å². The number of esters is 1. The average Bonchev–Trinajstić information content (AvgIpc) is 2.55. The maximum atomic E-state index is 12.1. The van der Waals surface area contributed by atoms with Crippen LogP contribution in [0.4, 0.5) is 5.69 Å². The van der Waals surface area contributed by atoms with Crippen LogP contribution in [0.5, 0.6) is 0 Å². The number of fused-ring (bicyclic) bond motifs is 1. The molecule has 0 fully saturated rings. The van der Waals surface area contributed by atoms with Crippen molar-refractivity contribution < 1.29 is 14.3 Å². The Morgan fingerprint density at radius 2 is 1.86 bits per heavy atom. The predicted octanol–water partition coefficient (Wildman–Crippen LogP) is 3.56. The molecule has 0 aliphatic carbocycles. The number of anilines is 1. The van der Waals surface area contributed by atoms with Crippen LogP contribution in [0.3, 0.4) is 0 Å². The number of hydrogen-bond donors (Lipinski definition) is 1. The number of ether oxygens (including phenoxy) is 1. The van der Waals surface area contributed by atoms with Crippen LogP contribution in [-0.2, 0) is 9.53 Å². The summed E-state index contributed by atoms with van der Waals surface area (Å²) in [5.74, 6) is -0.501. The lowest BCUT2D eigenvalue weighted by Gasteiger charge is -2.18. The number of thioether (sulfide) groups is 1. The Kier molecular flexibility index (Phi) is 3.98. The van der Waals surface area contributed by atoms with Crippen LogP contribution in [0.2, 0.25) is 0 Å². The molecule has 0 atom stereocenters. The highest BCUT2D eigenvalue weighted by atomic mass is 32.2. The first-order valence-corrected chi connectivity index (χ1v) is 7.47. The first kappa shape index (κ1) is 14.4. The van der Waals surface area contributed by atoms with Crippen LogP contribution < -0.4 is 5.32 Å². The maximum absolute atomic E-state index is 12.1. The fourth-order valence-electron chi connectivity index (χ4n) is 2.09. The van der Waals surface area contributed by atoms with E-state index in [1.54, 1.807) is 30.3 Å². The zero-order chi connectivity index (χ0) is 15.5. The van der Waals surface area contributed by atoms with Crippen molar-refractivity contribution in [1.29, 1.82) is 0 Å². The van der Waals surface area contributed by atoms with Gasteiger partial charge in [-0.2, -0.15) is 0 Å². The van der Waals surface area contributed by atoms with Crippen molar-refractivity contribution in [2.24, 2.45) is 0 Å². The summed E-state index contributed by atoms with van der Waals surface area (Å²) in [6.45, 7) is 0. The first-order valence-electron chi connectivity index (χ1n) is 6.65. The van der Waals surface area contributed by atoms with Crippen molar-refractivity contribution in [3.8, 4) is 0 Å². The summed E-state index contributed by atoms with van der Waals surface area (Å²) in [6, 6.07) is 14.6. The van der Waals surface area contributed by atoms with Gasteiger partial charge in [-0.1, -0.05) is 36.0 Å². The number of benzene rings is 2. The molecule has 0 bridgehead atoms. The topological polar surface area (TPSA) is 55.4 Å². The molecular formula is C17H13NO3S. The first-order chi connectivity index (χ1) is 10.7. The van der Waals surface area contributed by atoms with Crippen LogP contribution in [-0.4, -0.2) is 19.0 Å². The lowest BCUT2D eigenvalue weighted by Crippen LogP contribution is -2.17. The molecular weight excluding hydrogens is 298 g/mol. The zero-order valence-corrected chi connectivity index (χ0v) is 12.6. The average molecular weight is 311 g/mol. The molecule has 0 unspecified atom stereocenters. The predicted molar refractivity (Wildman–Crippen MR) is 86.7 cm³/mol. The molecule has 0 saturated carbocycles. The normalized spacial score (nSPS) is 15.1. The monoisotopic (exact) mass is 311 g/mol. The maximum Gasteiger partial charge on any atom is 0.337 e. The minimum Gasteiger partial charge on any atom is -0.465 e.